The summed E-state index contributed by atoms with van der Waals surface area (Å²) >= 11 is 0. The maximum atomic E-state index is 12.4. The standard InChI is InChI=1S/C15H23N3O/c1-4-17-9-10-18(11-12(17)2)15(19)13-5-7-14(16-3)8-6-13/h5-8,12,16H,4,9-11H2,1-3H3. The van der Waals surface area contributed by atoms with Gasteiger partial charge in [0.1, 0.15) is 0 Å². The Morgan fingerprint density at radius 3 is 2.53 bits per heavy atom. The lowest BCUT2D eigenvalue weighted by Gasteiger charge is -2.39. The third kappa shape index (κ3) is 3.07. The Morgan fingerprint density at radius 1 is 1.32 bits per heavy atom. The van der Waals surface area contributed by atoms with Gasteiger partial charge in [-0.25, -0.2) is 0 Å². The molecule has 2 rings (SSSR count). The molecule has 1 aliphatic heterocycles. The van der Waals surface area contributed by atoms with Crippen LogP contribution in [-0.2, 0) is 0 Å². The van der Waals surface area contributed by atoms with E-state index in [-0.39, 0.29) is 5.91 Å². The van der Waals surface area contributed by atoms with E-state index in [1.54, 1.807) is 0 Å². The Labute approximate surface area is 115 Å². The van der Waals surface area contributed by atoms with E-state index in [2.05, 4.69) is 24.1 Å². The smallest absolute Gasteiger partial charge is 0.253 e. The molecule has 0 aliphatic carbocycles. The van der Waals surface area contributed by atoms with Crippen LogP contribution in [0.3, 0.4) is 0 Å². The number of benzene rings is 1. The van der Waals surface area contributed by atoms with Gasteiger partial charge in [-0.05, 0) is 37.7 Å². The summed E-state index contributed by atoms with van der Waals surface area (Å²) in [6, 6.07) is 8.12. The van der Waals surface area contributed by atoms with Crippen molar-refractivity contribution in [2.75, 3.05) is 38.5 Å². The van der Waals surface area contributed by atoms with Gasteiger partial charge in [0.05, 0.1) is 0 Å². The monoisotopic (exact) mass is 261 g/mol. The van der Waals surface area contributed by atoms with Gasteiger partial charge in [0, 0.05) is 44.0 Å². The van der Waals surface area contributed by atoms with Gasteiger partial charge in [0.15, 0.2) is 0 Å². The summed E-state index contributed by atoms with van der Waals surface area (Å²) in [5, 5.41) is 3.06. The van der Waals surface area contributed by atoms with E-state index < -0.39 is 0 Å². The van der Waals surface area contributed by atoms with Gasteiger partial charge in [-0.1, -0.05) is 6.92 Å². The number of hydrogen-bond acceptors (Lipinski definition) is 3. The molecule has 0 radical (unpaired) electrons. The van der Waals surface area contributed by atoms with Crippen LogP contribution in [0.25, 0.3) is 0 Å². The molecule has 1 saturated heterocycles. The molecule has 0 spiro atoms. The van der Waals surface area contributed by atoms with Crippen molar-refractivity contribution in [2.45, 2.75) is 19.9 Å². The highest BCUT2D eigenvalue weighted by Crippen LogP contribution is 2.15. The molecular weight excluding hydrogens is 238 g/mol. The van der Waals surface area contributed by atoms with E-state index in [0.29, 0.717) is 6.04 Å². The first kappa shape index (κ1) is 13.9. The Hall–Kier alpha value is -1.55. The minimum Gasteiger partial charge on any atom is -0.388 e. The normalized spacial score (nSPS) is 20.4. The molecule has 1 N–H and O–H groups in total. The summed E-state index contributed by atoms with van der Waals surface area (Å²) in [5.74, 6) is 0.144. The average Bonchev–Trinajstić information content (AvgIpc) is 2.46. The second-order valence-corrected chi connectivity index (χ2v) is 5.06. The number of amides is 1. The first-order chi connectivity index (χ1) is 9.15. The predicted octanol–water partition coefficient (Wildman–Crippen LogP) is 1.89. The van der Waals surface area contributed by atoms with Gasteiger partial charge >= 0.3 is 0 Å². The zero-order chi connectivity index (χ0) is 13.8. The number of carbonyl (C=O) groups excluding carboxylic acids is 1. The highest BCUT2D eigenvalue weighted by molar-refractivity contribution is 5.94. The van der Waals surface area contributed by atoms with Crippen LogP contribution >= 0.6 is 0 Å². The first-order valence-electron chi connectivity index (χ1n) is 6.96. The van der Waals surface area contributed by atoms with Crippen molar-refractivity contribution < 1.29 is 4.79 Å². The van der Waals surface area contributed by atoms with E-state index in [1.807, 2.05) is 36.2 Å². The molecule has 0 aromatic heterocycles. The quantitative estimate of drug-likeness (QED) is 0.902. The third-order valence-electron chi connectivity index (χ3n) is 3.88. The van der Waals surface area contributed by atoms with Crippen LogP contribution in [-0.4, -0.2) is 55.0 Å². The highest BCUT2D eigenvalue weighted by atomic mass is 16.2. The lowest BCUT2D eigenvalue weighted by Crippen LogP contribution is -2.53. The lowest BCUT2D eigenvalue weighted by molar-refractivity contribution is 0.0528. The Kier molecular flexibility index (Phi) is 4.43. The summed E-state index contributed by atoms with van der Waals surface area (Å²) < 4.78 is 0. The fraction of sp³-hybridized carbons (Fsp3) is 0.533. The molecule has 1 amide bonds. The molecule has 1 aromatic rings. The van der Waals surface area contributed by atoms with Crippen LogP contribution in [0.15, 0.2) is 24.3 Å². The summed E-state index contributed by atoms with van der Waals surface area (Å²) in [6.45, 7) is 8.03. The van der Waals surface area contributed by atoms with E-state index in [9.17, 15) is 4.79 Å². The maximum Gasteiger partial charge on any atom is 0.253 e. The van der Waals surface area contributed by atoms with Crippen LogP contribution in [0.2, 0.25) is 0 Å². The van der Waals surface area contributed by atoms with Crippen LogP contribution < -0.4 is 5.32 Å². The third-order valence-corrected chi connectivity index (χ3v) is 3.88. The molecule has 0 bridgehead atoms. The number of carbonyl (C=O) groups is 1. The average molecular weight is 261 g/mol. The van der Waals surface area contributed by atoms with Gasteiger partial charge < -0.3 is 10.2 Å². The molecule has 1 aromatic carbocycles. The predicted molar refractivity (Wildman–Crippen MR) is 78.6 cm³/mol. The van der Waals surface area contributed by atoms with Crippen LogP contribution in [0.4, 0.5) is 5.69 Å². The second-order valence-electron chi connectivity index (χ2n) is 5.06. The highest BCUT2D eigenvalue weighted by Gasteiger charge is 2.26. The SMILES string of the molecule is CCN1CCN(C(=O)c2ccc(NC)cc2)CC1C. The van der Waals surface area contributed by atoms with Gasteiger partial charge in [0.2, 0.25) is 0 Å². The Morgan fingerprint density at radius 2 is 2.00 bits per heavy atom. The van der Waals surface area contributed by atoms with E-state index in [1.165, 1.54) is 0 Å². The van der Waals surface area contributed by atoms with Crippen molar-refractivity contribution in [3.05, 3.63) is 29.8 Å². The van der Waals surface area contributed by atoms with Crippen LogP contribution in [0.5, 0.6) is 0 Å². The summed E-state index contributed by atoms with van der Waals surface area (Å²) in [7, 11) is 1.88. The van der Waals surface area contributed by atoms with Crippen LogP contribution in [0, 0.1) is 0 Å². The van der Waals surface area contributed by atoms with E-state index >= 15 is 0 Å². The number of piperazine rings is 1. The minimum atomic E-state index is 0.144. The summed E-state index contributed by atoms with van der Waals surface area (Å²) in [5.41, 5.74) is 1.80. The maximum absolute atomic E-state index is 12.4. The van der Waals surface area contributed by atoms with Crippen molar-refractivity contribution >= 4 is 11.6 Å². The number of hydrogen-bond donors (Lipinski definition) is 1. The molecule has 4 heteroatoms. The molecular formula is C15H23N3O. The molecule has 1 unspecified atom stereocenters. The number of nitrogens with zero attached hydrogens (tertiary/aromatic N) is 2. The fourth-order valence-electron chi connectivity index (χ4n) is 2.61. The molecule has 1 fully saturated rings. The van der Waals surface area contributed by atoms with E-state index in [0.717, 1.165) is 37.4 Å². The molecule has 19 heavy (non-hydrogen) atoms. The molecule has 1 heterocycles. The van der Waals surface area contributed by atoms with Gasteiger partial charge in [-0.2, -0.15) is 0 Å². The van der Waals surface area contributed by atoms with Gasteiger partial charge in [0.25, 0.3) is 5.91 Å². The first-order valence-corrected chi connectivity index (χ1v) is 6.96. The molecule has 1 aliphatic rings. The zero-order valence-corrected chi connectivity index (χ0v) is 12.0. The fourth-order valence-corrected chi connectivity index (χ4v) is 2.61. The number of nitrogens with one attached hydrogen (secondary N) is 1. The van der Waals surface area contributed by atoms with Gasteiger partial charge in [-0.15, -0.1) is 0 Å². The molecule has 1 atom stereocenters. The molecule has 104 valence electrons. The topological polar surface area (TPSA) is 35.6 Å². The molecule has 4 nitrogen and oxygen atoms in total. The Balaban J connectivity index is 2.03. The molecule has 0 saturated carbocycles. The minimum absolute atomic E-state index is 0.144. The van der Waals surface area contributed by atoms with Crippen molar-refractivity contribution in [3.8, 4) is 0 Å². The van der Waals surface area contributed by atoms with E-state index in [4.69, 9.17) is 0 Å². The number of anilines is 1. The number of likely N-dealkylation sites (N-methyl/N-ethyl adjacent to an activating group) is 1. The summed E-state index contributed by atoms with van der Waals surface area (Å²) in [6.07, 6.45) is 0. The van der Waals surface area contributed by atoms with Gasteiger partial charge in [-0.3, -0.25) is 9.69 Å². The van der Waals surface area contributed by atoms with Crippen molar-refractivity contribution in [2.24, 2.45) is 0 Å². The van der Waals surface area contributed by atoms with Crippen molar-refractivity contribution in [1.29, 1.82) is 0 Å². The Bertz CT molecular complexity index is 430. The second kappa shape index (κ2) is 6.06. The lowest BCUT2D eigenvalue weighted by atomic mass is 10.1. The number of rotatable bonds is 3. The summed E-state index contributed by atoms with van der Waals surface area (Å²) in [4.78, 5) is 16.8. The zero-order valence-electron chi connectivity index (χ0n) is 12.0. The largest absolute Gasteiger partial charge is 0.388 e. The van der Waals surface area contributed by atoms with Crippen molar-refractivity contribution in [3.63, 3.8) is 0 Å². The van der Waals surface area contributed by atoms with Crippen LogP contribution in [0.1, 0.15) is 24.2 Å². The van der Waals surface area contributed by atoms with Crippen molar-refractivity contribution in [1.82, 2.24) is 9.80 Å².